The maximum atomic E-state index is 12.1. The van der Waals surface area contributed by atoms with E-state index in [4.69, 9.17) is 5.11 Å². The van der Waals surface area contributed by atoms with Gasteiger partial charge in [0.15, 0.2) is 0 Å². The summed E-state index contributed by atoms with van der Waals surface area (Å²) in [5.41, 5.74) is 1.14. The molecule has 0 fully saturated rings. The molecule has 0 spiro atoms. The molecule has 1 aromatic carbocycles. The summed E-state index contributed by atoms with van der Waals surface area (Å²) in [6.07, 6.45) is 1.10. The monoisotopic (exact) mass is 309 g/mol. The van der Waals surface area contributed by atoms with Crippen LogP contribution in [0.4, 0.5) is 16.2 Å². The number of carbonyl (C=O) groups is 1. The van der Waals surface area contributed by atoms with Gasteiger partial charge in [-0.25, -0.2) is 4.79 Å². The Hall–Kier alpha value is -2.15. The number of aliphatic hydroxyl groups is 1. The standard InChI is InChI=1S/C15H23N3O4/c1-5-15(4,6-7-19)17-14(20)16-12-9-13(18(21)22)11(3)8-10(12)2/h8-9,19H,5-7H2,1-4H3,(H2,16,17,20)/t15-/m0/s1. The van der Waals surface area contributed by atoms with E-state index < -0.39 is 16.5 Å². The maximum Gasteiger partial charge on any atom is 0.319 e. The highest BCUT2D eigenvalue weighted by Crippen LogP contribution is 2.26. The van der Waals surface area contributed by atoms with E-state index in [0.717, 1.165) is 5.56 Å². The van der Waals surface area contributed by atoms with Crippen LogP contribution in [0.1, 0.15) is 37.8 Å². The summed E-state index contributed by atoms with van der Waals surface area (Å²) in [6.45, 7) is 7.16. The van der Waals surface area contributed by atoms with Gasteiger partial charge in [0.1, 0.15) is 0 Å². The summed E-state index contributed by atoms with van der Waals surface area (Å²) in [7, 11) is 0. The number of rotatable bonds is 6. The zero-order valence-corrected chi connectivity index (χ0v) is 13.4. The maximum absolute atomic E-state index is 12.1. The van der Waals surface area contributed by atoms with Gasteiger partial charge < -0.3 is 15.7 Å². The highest BCUT2D eigenvalue weighted by molar-refractivity contribution is 5.91. The van der Waals surface area contributed by atoms with Crippen LogP contribution in [0.2, 0.25) is 0 Å². The molecule has 0 saturated heterocycles. The molecule has 2 amide bonds. The zero-order chi connectivity index (χ0) is 16.9. The Morgan fingerprint density at radius 2 is 2.00 bits per heavy atom. The van der Waals surface area contributed by atoms with Crippen LogP contribution in [0.15, 0.2) is 12.1 Å². The highest BCUT2D eigenvalue weighted by atomic mass is 16.6. The van der Waals surface area contributed by atoms with Crippen LogP contribution >= 0.6 is 0 Å². The SMILES string of the molecule is CC[C@@](C)(CCO)NC(=O)Nc1cc([N+](=O)[O-])c(C)cc1C. The Kier molecular flexibility index (Phi) is 5.87. The first-order valence-corrected chi connectivity index (χ1v) is 7.18. The molecular formula is C15H23N3O4. The third kappa shape index (κ3) is 4.42. The lowest BCUT2D eigenvalue weighted by molar-refractivity contribution is -0.385. The molecule has 22 heavy (non-hydrogen) atoms. The van der Waals surface area contributed by atoms with E-state index >= 15 is 0 Å². The first-order chi connectivity index (χ1) is 10.2. The third-order valence-electron chi connectivity index (χ3n) is 3.85. The van der Waals surface area contributed by atoms with Gasteiger partial charge in [-0.15, -0.1) is 0 Å². The number of aryl methyl sites for hydroxylation is 2. The van der Waals surface area contributed by atoms with E-state index in [-0.39, 0.29) is 12.3 Å². The smallest absolute Gasteiger partial charge is 0.319 e. The van der Waals surface area contributed by atoms with Gasteiger partial charge in [0.25, 0.3) is 5.69 Å². The van der Waals surface area contributed by atoms with Crippen molar-refractivity contribution in [2.75, 3.05) is 11.9 Å². The Morgan fingerprint density at radius 3 is 2.50 bits per heavy atom. The topological polar surface area (TPSA) is 104 Å². The molecule has 0 aromatic heterocycles. The molecular weight excluding hydrogens is 286 g/mol. The second-order valence-electron chi connectivity index (χ2n) is 5.68. The summed E-state index contributed by atoms with van der Waals surface area (Å²) in [6, 6.07) is 2.58. The van der Waals surface area contributed by atoms with Crippen molar-refractivity contribution in [3.8, 4) is 0 Å². The molecule has 1 rings (SSSR count). The van der Waals surface area contributed by atoms with E-state index in [1.54, 1.807) is 19.9 Å². The Balaban J connectivity index is 2.93. The molecule has 0 bridgehead atoms. The second kappa shape index (κ2) is 7.22. The van der Waals surface area contributed by atoms with Crippen molar-refractivity contribution in [2.24, 2.45) is 0 Å². The summed E-state index contributed by atoms with van der Waals surface area (Å²) >= 11 is 0. The van der Waals surface area contributed by atoms with Crippen LogP contribution in [0, 0.1) is 24.0 Å². The van der Waals surface area contributed by atoms with E-state index in [1.807, 2.05) is 13.8 Å². The molecule has 3 N–H and O–H groups in total. The van der Waals surface area contributed by atoms with Crippen LogP contribution in [0.3, 0.4) is 0 Å². The number of urea groups is 1. The van der Waals surface area contributed by atoms with Crippen LogP contribution in [0.5, 0.6) is 0 Å². The first-order valence-electron chi connectivity index (χ1n) is 7.18. The number of hydrogen-bond acceptors (Lipinski definition) is 4. The van der Waals surface area contributed by atoms with Crippen LogP contribution in [-0.4, -0.2) is 28.2 Å². The third-order valence-corrected chi connectivity index (χ3v) is 3.85. The highest BCUT2D eigenvalue weighted by Gasteiger charge is 2.24. The van der Waals surface area contributed by atoms with Gasteiger partial charge in [-0.1, -0.05) is 6.92 Å². The number of carbonyl (C=O) groups excluding carboxylic acids is 1. The fraction of sp³-hybridized carbons (Fsp3) is 0.533. The molecule has 122 valence electrons. The van der Waals surface area contributed by atoms with Crippen molar-refractivity contribution in [3.63, 3.8) is 0 Å². The van der Waals surface area contributed by atoms with E-state index in [9.17, 15) is 14.9 Å². The lowest BCUT2D eigenvalue weighted by Crippen LogP contribution is -2.48. The number of amides is 2. The van der Waals surface area contributed by atoms with Gasteiger partial charge >= 0.3 is 6.03 Å². The Labute approximate surface area is 129 Å². The summed E-state index contributed by atoms with van der Waals surface area (Å²) < 4.78 is 0. The van der Waals surface area contributed by atoms with Crippen LogP contribution in [-0.2, 0) is 0 Å². The molecule has 0 heterocycles. The van der Waals surface area contributed by atoms with Gasteiger partial charge in [-0.3, -0.25) is 10.1 Å². The van der Waals surface area contributed by atoms with E-state index in [0.29, 0.717) is 24.1 Å². The van der Waals surface area contributed by atoms with Crippen LogP contribution in [0.25, 0.3) is 0 Å². The zero-order valence-electron chi connectivity index (χ0n) is 13.4. The fourth-order valence-electron chi connectivity index (χ4n) is 2.17. The molecule has 0 radical (unpaired) electrons. The van der Waals surface area contributed by atoms with E-state index in [1.165, 1.54) is 6.07 Å². The van der Waals surface area contributed by atoms with Gasteiger partial charge in [0, 0.05) is 23.8 Å². The first kappa shape index (κ1) is 17.9. The largest absolute Gasteiger partial charge is 0.396 e. The lowest BCUT2D eigenvalue weighted by atomic mass is 9.95. The summed E-state index contributed by atoms with van der Waals surface area (Å²) in [5, 5.41) is 25.5. The number of benzene rings is 1. The Bertz CT molecular complexity index is 574. The fourth-order valence-corrected chi connectivity index (χ4v) is 2.17. The minimum absolute atomic E-state index is 0.0281. The predicted octanol–water partition coefficient (Wildman–Crippen LogP) is 2.88. The van der Waals surface area contributed by atoms with Crippen molar-refractivity contribution < 1.29 is 14.8 Å². The molecule has 1 atom stereocenters. The van der Waals surface area contributed by atoms with Crippen molar-refractivity contribution in [1.82, 2.24) is 5.32 Å². The number of anilines is 1. The molecule has 0 aliphatic rings. The predicted molar refractivity (Wildman–Crippen MR) is 85.1 cm³/mol. The second-order valence-corrected chi connectivity index (χ2v) is 5.68. The molecule has 7 heteroatoms. The molecule has 0 aliphatic heterocycles. The van der Waals surface area contributed by atoms with Gasteiger partial charge in [0.05, 0.1) is 10.6 Å². The minimum atomic E-state index is -0.524. The average Bonchev–Trinajstić information content (AvgIpc) is 2.41. The van der Waals surface area contributed by atoms with E-state index in [2.05, 4.69) is 10.6 Å². The van der Waals surface area contributed by atoms with Crippen LogP contribution < -0.4 is 10.6 Å². The summed E-state index contributed by atoms with van der Waals surface area (Å²) in [5.74, 6) is 0. The number of nitrogens with zero attached hydrogens (tertiary/aromatic N) is 1. The molecule has 7 nitrogen and oxygen atoms in total. The normalized spacial score (nSPS) is 13.3. The molecule has 0 saturated carbocycles. The minimum Gasteiger partial charge on any atom is -0.396 e. The average molecular weight is 309 g/mol. The van der Waals surface area contributed by atoms with Gasteiger partial charge in [0.2, 0.25) is 0 Å². The Morgan fingerprint density at radius 1 is 1.36 bits per heavy atom. The molecule has 0 aliphatic carbocycles. The van der Waals surface area contributed by atoms with Crippen molar-refractivity contribution in [2.45, 2.75) is 46.1 Å². The number of nitro benzene ring substituents is 1. The number of nitrogens with one attached hydrogen (secondary N) is 2. The van der Waals surface area contributed by atoms with Crippen molar-refractivity contribution >= 4 is 17.4 Å². The number of nitro groups is 1. The van der Waals surface area contributed by atoms with Gasteiger partial charge in [-0.2, -0.15) is 0 Å². The lowest BCUT2D eigenvalue weighted by Gasteiger charge is -2.29. The van der Waals surface area contributed by atoms with Crippen molar-refractivity contribution in [3.05, 3.63) is 33.4 Å². The quantitative estimate of drug-likeness (QED) is 0.555. The van der Waals surface area contributed by atoms with Crippen molar-refractivity contribution in [1.29, 1.82) is 0 Å². The summed E-state index contributed by atoms with van der Waals surface area (Å²) in [4.78, 5) is 22.6. The molecule has 1 aromatic rings. The number of hydrogen-bond donors (Lipinski definition) is 3. The number of aliphatic hydroxyl groups excluding tert-OH is 1. The molecule has 0 unspecified atom stereocenters. The van der Waals surface area contributed by atoms with Gasteiger partial charge in [-0.05, 0) is 45.2 Å².